The van der Waals surface area contributed by atoms with Crippen molar-refractivity contribution >= 4 is 23.3 Å². The molecule has 0 atom stereocenters. The molecule has 0 unspecified atom stereocenters. The molecular weight excluding hydrogens is 306 g/mol. The Kier molecular flexibility index (Phi) is 5.03. The van der Waals surface area contributed by atoms with E-state index in [-0.39, 0.29) is 0 Å². The number of anilines is 2. The first-order valence-corrected chi connectivity index (χ1v) is 8.71. The van der Waals surface area contributed by atoms with Crippen molar-refractivity contribution in [3.05, 3.63) is 36.7 Å². The predicted molar refractivity (Wildman–Crippen MR) is 95.9 cm³/mol. The van der Waals surface area contributed by atoms with Gasteiger partial charge in [-0.2, -0.15) is 0 Å². The van der Waals surface area contributed by atoms with Gasteiger partial charge in [0.2, 0.25) is 0 Å². The Labute approximate surface area is 141 Å². The van der Waals surface area contributed by atoms with Gasteiger partial charge in [0.25, 0.3) is 0 Å². The molecule has 0 bridgehead atoms. The van der Waals surface area contributed by atoms with Crippen LogP contribution in [0.25, 0.3) is 0 Å². The van der Waals surface area contributed by atoms with Crippen LogP contribution >= 0.6 is 11.8 Å². The highest BCUT2D eigenvalue weighted by atomic mass is 32.2. The summed E-state index contributed by atoms with van der Waals surface area (Å²) in [7, 11) is 4.26. The Bertz CT molecular complexity index is 641. The molecule has 1 aromatic carbocycles. The van der Waals surface area contributed by atoms with Crippen molar-refractivity contribution in [2.75, 3.05) is 37.8 Å². The van der Waals surface area contributed by atoms with E-state index in [1.807, 2.05) is 18.2 Å². The zero-order valence-corrected chi connectivity index (χ0v) is 14.5. The Morgan fingerprint density at radius 1 is 1.17 bits per heavy atom. The number of nitrogens with two attached hydrogens (primary N) is 1. The summed E-state index contributed by atoms with van der Waals surface area (Å²) in [5.74, 6) is 0.841. The maximum absolute atomic E-state index is 6.37. The van der Waals surface area contributed by atoms with Crippen LogP contribution in [0.4, 0.5) is 11.5 Å². The van der Waals surface area contributed by atoms with E-state index in [2.05, 4.69) is 46.0 Å². The lowest BCUT2D eigenvalue weighted by Crippen LogP contribution is -2.42. The van der Waals surface area contributed by atoms with Gasteiger partial charge in [-0.25, -0.2) is 9.97 Å². The van der Waals surface area contributed by atoms with Crippen LogP contribution in [0, 0.1) is 0 Å². The van der Waals surface area contributed by atoms with Crippen LogP contribution < -0.4 is 10.6 Å². The third-order valence-corrected chi connectivity index (χ3v) is 5.38. The van der Waals surface area contributed by atoms with Gasteiger partial charge < -0.3 is 15.5 Å². The fourth-order valence-electron chi connectivity index (χ4n) is 2.89. The molecule has 6 heteroatoms. The van der Waals surface area contributed by atoms with Gasteiger partial charge in [0.15, 0.2) is 5.82 Å². The van der Waals surface area contributed by atoms with Crippen LogP contribution in [-0.2, 0) is 0 Å². The van der Waals surface area contributed by atoms with E-state index in [9.17, 15) is 0 Å². The lowest BCUT2D eigenvalue weighted by Gasteiger charge is -2.36. The lowest BCUT2D eigenvalue weighted by atomic mass is 10.0. The molecule has 2 heterocycles. The van der Waals surface area contributed by atoms with E-state index in [4.69, 9.17) is 5.73 Å². The molecule has 1 aliphatic heterocycles. The number of likely N-dealkylation sites (tertiary alicyclic amines) is 1. The maximum atomic E-state index is 6.37. The number of nitrogen functional groups attached to an aromatic ring is 1. The molecule has 5 nitrogen and oxygen atoms in total. The molecule has 0 spiro atoms. The van der Waals surface area contributed by atoms with Crippen molar-refractivity contribution in [1.82, 2.24) is 14.9 Å². The molecule has 1 saturated heterocycles. The molecule has 122 valence electrons. The zero-order chi connectivity index (χ0) is 16.2. The average molecular weight is 329 g/mol. The van der Waals surface area contributed by atoms with Crippen molar-refractivity contribution in [3.8, 4) is 0 Å². The van der Waals surface area contributed by atoms with E-state index in [0.29, 0.717) is 11.7 Å². The van der Waals surface area contributed by atoms with Gasteiger partial charge in [-0.3, -0.25) is 0 Å². The molecule has 23 heavy (non-hydrogen) atoms. The topological polar surface area (TPSA) is 58.3 Å². The molecule has 3 rings (SSSR count). The second-order valence-corrected chi connectivity index (χ2v) is 7.04. The molecule has 1 aromatic heterocycles. The van der Waals surface area contributed by atoms with Crippen LogP contribution in [0.3, 0.4) is 0 Å². The van der Waals surface area contributed by atoms with Gasteiger partial charge in [0, 0.05) is 18.0 Å². The summed E-state index contributed by atoms with van der Waals surface area (Å²) in [5, 5.41) is 0.820. The van der Waals surface area contributed by atoms with Gasteiger partial charge in [-0.05, 0) is 45.1 Å². The van der Waals surface area contributed by atoms with Gasteiger partial charge in [0.1, 0.15) is 17.0 Å². The first-order chi connectivity index (χ1) is 11.1. The minimum atomic E-state index is 0.484. The van der Waals surface area contributed by atoms with E-state index in [1.54, 1.807) is 18.1 Å². The summed E-state index contributed by atoms with van der Waals surface area (Å²) in [5.41, 5.74) is 7.04. The number of piperidine rings is 1. The molecule has 2 aromatic rings. The van der Waals surface area contributed by atoms with Gasteiger partial charge >= 0.3 is 0 Å². The van der Waals surface area contributed by atoms with Crippen LogP contribution in [-0.4, -0.2) is 48.1 Å². The predicted octanol–water partition coefficient (Wildman–Crippen LogP) is 2.74. The molecule has 0 saturated carbocycles. The monoisotopic (exact) mass is 329 g/mol. The molecule has 0 amide bonds. The smallest absolute Gasteiger partial charge is 0.156 e. The lowest BCUT2D eigenvalue weighted by molar-refractivity contribution is 0.252. The van der Waals surface area contributed by atoms with E-state index >= 15 is 0 Å². The van der Waals surface area contributed by atoms with Crippen LogP contribution in [0.15, 0.2) is 46.6 Å². The minimum Gasteiger partial charge on any atom is -0.394 e. The van der Waals surface area contributed by atoms with E-state index < -0.39 is 0 Å². The summed E-state index contributed by atoms with van der Waals surface area (Å²) in [4.78, 5) is 14.5. The van der Waals surface area contributed by atoms with Gasteiger partial charge in [0.05, 0.1) is 0 Å². The zero-order valence-electron chi connectivity index (χ0n) is 13.6. The van der Waals surface area contributed by atoms with Crippen LogP contribution in [0.5, 0.6) is 0 Å². The highest BCUT2D eigenvalue weighted by Gasteiger charge is 2.23. The largest absolute Gasteiger partial charge is 0.394 e. The second-order valence-electron chi connectivity index (χ2n) is 5.98. The van der Waals surface area contributed by atoms with Crippen molar-refractivity contribution in [3.63, 3.8) is 0 Å². The maximum Gasteiger partial charge on any atom is 0.156 e. The Hall–Kier alpha value is -1.79. The Morgan fingerprint density at radius 3 is 2.57 bits per heavy atom. The fourth-order valence-corrected chi connectivity index (χ4v) is 3.71. The SMILES string of the molecule is CN1CCC(N(C)c2ncnc(Sc3ccccc3)c2N)CC1. The molecule has 2 N–H and O–H groups in total. The summed E-state index contributed by atoms with van der Waals surface area (Å²) in [6.45, 7) is 2.23. The van der Waals surface area contributed by atoms with Crippen molar-refractivity contribution in [1.29, 1.82) is 0 Å². The molecular formula is C17H23N5S. The average Bonchev–Trinajstić information content (AvgIpc) is 2.58. The number of rotatable bonds is 4. The molecule has 0 aliphatic carbocycles. The van der Waals surface area contributed by atoms with Crippen molar-refractivity contribution < 1.29 is 0 Å². The molecule has 1 aliphatic rings. The van der Waals surface area contributed by atoms with Crippen molar-refractivity contribution in [2.24, 2.45) is 0 Å². The first-order valence-electron chi connectivity index (χ1n) is 7.90. The molecule has 0 radical (unpaired) electrons. The summed E-state index contributed by atoms with van der Waals surface area (Å²) >= 11 is 1.58. The normalized spacial score (nSPS) is 16.4. The summed E-state index contributed by atoms with van der Waals surface area (Å²) in [6, 6.07) is 10.7. The van der Waals surface area contributed by atoms with Crippen LogP contribution in [0.1, 0.15) is 12.8 Å². The summed E-state index contributed by atoms with van der Waals surface area (Å²) < 4.78 is 0. The number of benzene rings is 1. The first kappa shape index (κ1) is 16.1. The number of nitrogens with zero attached hydrogens (tertiary/aromatic N) is 4. The molecule has 1 fully saturated rings. The van der Waals surface area contributed by atoms with Gasteiger partial charge in [-0.1, -0.05) is 30.0 Å². The van der Waals surface area contributed by atoms with E-state index in [1.165, 1.54) is 0 Å². The Balaban J connectivity index is 1.79. The minimum absolute atomic E-state index is 0.484. The standard InChI is InChI=1S/C17H23N5S/c1-21-10-8-13(9-11-21)22(2)16-15(18)17(20-12-19-16)23-14-6-4-3-5-7-14/h3-7,12-13H,8-11,18H2,1-2H3. The van der Waals surface area contributed by atoms with Crippen LogP contribution in [0.2, 0.25) is 0 Å². The third kappa shape index (κ3) is 3.76. The second kappa shape index (κ2) is 7.19. The number of hydrogen-bond donors (Lipinski definition) is 1. The van der Waals surface area contributed by atoms with Crippen molar-refractivity contribution in [2.45, 2.75) is 28.8 Å². The Morgan fingerprint density at radius 2 is 1.87 bits per heavy atom. The fraction of sp³-hybridized carbons (Fsp3) is 0.412. The van der Waals surface area contributed by atoms with Gasteiger partial charge in [-0.15, -0.1) is 0 Å². The number of aromatic nitrogens is 2. The van der Waals surface area contributed by atoms with E-state index in [0.717, 1.165) is 41.7 Å². The number of hydrogen-bond acceptors (Lipinski definition) is 6. The highest BCUT2D eigenvalue weighted by Crippen LogP contribution is 2.35. The summed E-state index contributed by atoms with van der Waals surface area (Å²) in [6.07, 6.45) is 3.89. The highest BCUT2D eigenvalue weighted by molar-refractivity contribution is 7.99. The third-order valence-electron chi connectivity index (χ3n) is 4.35. The quantitative estimate of drug-likeness (QED) is 0.871.